The van der Waals surface area contributed by atoms with E-state index in [1.807, 2.05) is 0 Å². The maximum absolute atomic E-state index is 4.76. The number of pyridine rings is 1. The number of fused-ring (bicyclic) bond motifs is 2. The summed E-state index contributed by atoms with van der Waals surface area (Å²) in [6.07, 6.45) is 5.01. The molecule has 1 aliphatic rings. The Kier molecular flexibility index (Phi) is 1.98. The fraction of sp³-hybridized carbons (Fsp3) is 0.357. The molecule has 0 bridgehead atoms. The van der Waals surface area contributed by atoms with Crippen LogP contribution in [0.15, 0.2) is 24.3 Å². The van der Waals surface area contributed by atoms with E-state index in [0.29, 0.717) is 0 Å². The van der Waals surface area contributed by atoms with Crippen LogP contribution in [-0.2, 0) is 12.8 Å². The van der Waals surface area contributed by atoms with Gasteiger partial charge in [-0.25, -0.2) is 0 Å². The normalized spacial score (nSPS) is 15.3. The molecule has 0 radical (unpaired) electrons. The summed E-state index contributed by atoms with van der Waals surface area (Å²) in [4.78, 5) is 4.76. The summed E-state index contributed by atoms with van der Waals surface area (Å²) in [7, 11) is 0. The van der Waals surface area contributed by atoms with Crippen LogP contribution in [0.5, 0.6) is 0 Å². The summed E-state index contributed by atoms with van der Waals surface area (Å²) in [6.45, 7) is 2.14. The van der Waals surface area contributed by atoms with Crippen LogP contribution in [0.3, 0.4) is 0 Å². The van der Waals surface area contributed by atoms with E-state index in [1.54, 1.807) is 0 Å². The van der Waals surface area contributed by atoms with Gasteiger partial charge in [-0.2, -0.15) is 0 Å². The molecule has 2 aromatic rings. The number of nitrogens with zero attached hydrogens (tertiary/aromatic N) is 1. The Labute approximate surface area is 90.2 Å². The van der Waals surface area contributed by atoms with E-state index in [9.17, 15) is 0 Å². The van der Waals surface area contributed by atoms with Crippen LogP contribution in [0.4, 0.5) is 0 Å². The standard InChI is InChI=1S/C14H15N/c1-10-6-7-14-12(8-10)9-11-4-2-3-5-13(11)15-14/h6-9H,2-5H2,1H3. The van der Waals surface area contributed by atoms with E-state index >= 15 is 0 Å². The molecule has 0 fully saturated rings. The van der Waals surface area contributed by atoms with Crippen molar-refractivity contribution in [2.24, 2.45) is 0 Å². The van der Waals surface area contributed by atoms with Crippen LogP contribution in [0.2, 0.25) is 0 Å². The SMILES string of the molecule is Cc1ccc2nc3c(cc2c1)CCCC3. The van der Waals surface area contributed by atoms with Gasteiger partial charge >= 0.3 is 0 Å². The Bertz CT molecular complexity index is 514. The van der Waals surface area contributed by atoms with Crippen molar-refractivity contribution in [3.63, 3.8) is 0 Å². The van der Waals surface area contributed by atoms with Gasteiger partial charge < -0.3 is 0 Å². The van der Waals surface area contributed by atoms with Gasteiger partial charge in [0, 0.05) is 11.1 Å². The van der Waals surface area contributed by atoms with Gasteiger partial charge in [-0.3, -0.25) is 4.98 Å². The van der Waals surface area contributed by atoms with Gasteiger partial charge in [-0.05, 0) is 56.4 Å². The van der Waals surface area contributed by atoms with Crippen molar-refractivity contribution in [3.8, 4) is 0 Å². The van der Waals surface area contributed by atoms with Crippen LogP contribution in [0.1, 0.15) is 29.7 Å². The van der Waals surface area contributed by atoms with Crippen LogP contribution >= 0.6 is 0 Å². The fourth-order valence-corrected chi connectivity index (χ4v) is 2.42. The zero-order chi connectivity index (χ0) is 10.3. The monoisotopic (exact) mass is 197 g/mol. The molecule has 15 heavy (non-hydrogen) atoms. The molecule has 1 nitrogen and oxygen atoms in total. The highest BCUT2D eigenvalue weighted by molar-refractivity contribution is 5.80. The maximum Gasteiger partial charge on any atom is 0.0705 e. The van der Waals surface area contributed by atoms with Crippen molar-refractivity contribution in [2.75, 3.05) is 0 Å². The lowest BCUT2D eigenvalue weighted by atomic mass is 9.94. The van der Waals surface area contributed by atoms with E-state index in [1.165, 1.54) is 47.9 Å². The third-order valence-electron chi connectivity index (χ3n) is 3.25. The molecule has 0 saturated carbocycles. The van der Waals surface area contributed by atoms with Gasteiger partial charge in [0.15, 0.2) is 0 Å². The van der Waals surface area contributed by atoms with Gasteiger partial charge in [-0.15, -0.1) is 0 Å². The summed E-state index contributed by atoms with van der Waals surface area (Å²) in [5.74, 6) is 0. The molecule has 0 unspecified atom stereocenters. The zero-order valence-corrected chi connectivity index (χ0v) is 9.09. The van der Waals surface area contributed by atoms with Crippen molar-refractivity contribution in [3.05, 3.63) is 41.1 Å². The second kappa shape index (κ2) is 3.34. The molecule has 0 aliphatic heterocycles. The largest absolute Gasteiger partial charge is 0.253 e. The first-order valence-electron chi connectivity index (χ1n) is 5.72. The topological polar surface area (TPSA) is 12.9 Å². The van der Waals surface area contributed by atoms with Gasteiger partial charge in [0.25, 0.3) is 0 Å². The predicted octanol–water partition coefficient (Wildman–Crippen LogP) is 3.42. The predicted molar refractivity (Wildman–Crippen MR) is 63.1 cm³/mol. The summed E-state index contributed by atoms with van der Waals surface area (Å²) < 4.78 is 0. The molecule has 1 aliphatic carbocycles. The summed E-state index contributed by atoms with van der Waals surface area (Å²) in [5, 5.41) is 1.30. The zero-order valence-electron chi connectivity index (χ0n) is 9.09. The molecule has 1 heterocycles. The van der Waals surface area contributed by atoms with E-state index in [0.717, 1.165) is 5.52 Å². The minimum Gasteiger partial charge on any atom is -0.253 e. The Morgan fingerprint density at radius 3 is 2.87 bits per heavy atom. The molecular formula is C14H15N. The van der Waals surface area contributed by atoms with Gasteiger partial charge in [0.05, 0.1) is 5.52 Å². The van der Waals surface area contributed by atoms with Crippen LogP contribution in [-0.4, -0.2) is 4.98 Å². The molecule has 0 N–H and O–H groups in total. The minimum absolute atomic E-state index is 1.15. The first-order chi connectivity index (χ1) is 7.33. The molecule has 0 atom stereocenters. The van der Waals surface area contributed by atoms with Crippen molar-refractivity contribution in [2.45, 2.75) is 32.6 Å². The van der Waals surface area contributed by atoms with Crippen LogP contribution in [0, 0.1) is 6.92 Å². The summed E-state index contributed by atoms with van der Waals surface area (Å²) in [6, 6.07) is 8.85. The number of hydrogen-bond acceptors (Lipinski definition) is 1. The third kappa shape index (κ3) is 1.52. The second-order valence-corrected chi connectivity index (χ2v) is 4.50. The summed E-state index contributed by atoms with van der Waals surface area (Å²) >= 11 is 0. The van der Waals surface area contributed by atoms with Crippen LogP contribution < -0.4 is 0 Å². The molecule has 0 amide bonds. The summed E-state index contributed by atoms with van der Waals surface area (Å²) in [5.41, 5.74) is 5.28. The highest BCUT2D eigenvalue weighted by Gasteiger charge is 2.11. The van der Waals surface area contributed by atoms with Gasteiger partial charge in [0.2, 0.25) is 0 Å². The molecular weight excluding hydrogens is 182 g/mol. The molecule has 0 spiro atoms. The van der Waals surface area contributed by atoms with Crippen molar-refractivity contribution >= 4 is 10.9 Å². The Balaban J connectivity index is 2.26. The molecule has 1 aromatic heterocycles. The Morgan fingerprint density at radius 1 is 1.07 bits per heavy atom. The maximum atomic E-state index is 4.76. The number of aromatic nitrogens is 1. The molecule has 0 saturated heterocycles. The molecule has 1 aromatic carbocycles. The van der Waals surface area contributed by atoms with E-state index in [-0.39, 0.29) is 0 Å². The highest BCUT2D eigenvalue weighted by Crippen LogP contribution is 2.24. The minimum atomic E-state index is 1.15. The second-order valence-electron chi connectivity index (χ2n) is 4.50. The average Bonchev–Trinajstić information content (AvgIpc) is 2.26. The molecule has 1 heteroatoms. The van der Waals surface area contributed by atoms with Gasteiger partial charge in [0.1, 0.15) is 0 Å². The van der Waals surface area contributed by atoms with Crippen molar-refractivity contribution in [1.82, 2.24) is 4.98 Å². The highest BCUT2D eigenvalue weighted by atomic mass is 14.7. The lowest BCUT2D eigenvalue weighted by Gasteiger charge is -2.15. The van der Waals surface area contributed by atoms with E-state index in [4.69, 9.17) is 4.98 Å². The Morgan fingerprint density at radius 2 is 1.93 bits per heavy atom. The fourth-order valence-electron chi connectivity index (χ4n) is 2.42. The number of rotatable bonds is 0. The molecule has 3 rings (SSSR count). The van der Waals surface area contributed by atoms with E-state index < -0.39 is 0 Å². The van der Waals surface area contributed by atoms with Crippen molar-refractivity contribution in [1.29, 1.82) is 0 Å². The lowest BCUT2D eigenvalue weighted by molar-refractivity contribution is 0.671. The number of benzene rings is 1. The number of hydrogen-bond donors (Lipinski definition) is 0. The quantitative estimate of drug-likeness (QED) is 0.630. The first kappa shape index (κ1) is 8.90. The first-order valence-corrected chi connectivity index (χ1v) is 5.72. The average molecular weight is 197 g/mol. The van der Waals surface area contributed by atoms with E-state index in [2.05, 4.69) is 31.2 Å². The smallest absolute Gasteiger partial charge is 0.0705 e. The van der Waals surface area contributed by atoms with Gasteiger partial charge in [-0.1, -0.05) is 11.6 Å². The molecule has 76 valence electrons. The number of aryl methyl sites for hydroxylation is 3. The Hall–Kier alpha value is -1.37. The third-order valence-corrected chi connectivity index (χ3v) is 3.25. The van der Waals surface area contributed by atoms with Crippen LogP contribution in [0.25, 0.3) is 10.9 Å². The lowest BCUT2D eigenvalue weighted by Crippen LogP contribution is -2.05. The van der Waals surface area contributed by atoms with Crippen molar-refractivity contribution < 1.29 is 0 Å².